The van der Waals surface area contributed by atoms with E-state index in [0.29, 0.717) is 15.4 Å². The van der Waals surface area contributed by atoms with Crippen molar-refractivity contribution in [3.05, 3.63) is 45.3 Å². The zero-order chi connectivity index (χ0) is 19.7. The minimum atomic E-state index is -0.569. The number of carbonyl (C=O) groups excluding carboxylic acids is 3. The predicted molar refractivity (Wildman–Crippen MR) is 106 cm³/mol. The van der Waals surface area contributed by atoms with E-state index < -0.39 is 5.97 Å². The fourth-order valence-corrected chi connectivity index (χ4v) is 3.87. The van der Waals surface area contributed by atoms with E-state index in [1.165, 1.54) is 7.11 Å². The molecule has 1 aliphatic carbocycles. The maximum absolute atomic E-state index is 12.8. The highest BCUT2D eigenvalue weighted by molar-refractivity contribution is 7.19. The van der Waals surface area contributed by atoms with Crippen LogP contribution in [0.2, 0.25) is 0 Å². The molecular weight excluding hydrogens is 364 g/mol. The SMILES string of the molecule is COC(=O)c1c(NC(=O)C2CC2)sc(C(=O)Nc2cc(C)ccc2C)c1C. The Morgan fingerprint density at radius 3 is 2.44 bits per heavy atom. The van der Waals surface area contributed by atoms with E-state index in [0.717, 1.165) is 41.0 Å². The molecule has 7 heteroatoms. The fraction of sp³-hybridized carbons (Fsp3) is 0.350. The third kappa shape index (κ3) is 4.03. The van der Waals surface area contributed by atoms with Crippen LogP contribution < -0.4 is 10.6 Å². The second-order valence-corrected chi connectivity index (χ2v) is 7.81. The Morgan fingerprint density at radius 2 is 1.81 bits per heavy atom. The maximum Gasteiger partial charge on any atom is 0.341 e. The lowest BCUT2D eigenvalue weighted by Crippen LogP contribution is -2.15. The second kappa shape index (κ2) is 7.52. The molecule has 2 amide bonds. The molecule has 1 saturated carbocycles. The van der Waals surface area contributed by atoms with Crippen LogP contribution in [0.1, 0.15) is 49.6 Å². The highest BCUT2D eigenvalue weighted by Gasteiger charge is 2.32. The molecular formula is C20H22N2O4S. The van der Waals surface area contributed by atoms with Gasteiger partial charge in [-0.2, -0.15) is 0 Å². The third-order valence-corrected chi connectivity index (χ3v) is 5.77. The molecule has 0 atom stereocenters. The number of ether oxygens (including phenoxy) is 1. The van der Waals surface area contributed by atoms with Crippen molar-refractivity contribution in [2.24, 2.45) is 5.92 Å². The van der Waals surface area contributed by atoms with Gasteiger partial charge in [-0.1, -0.05) is 12.1 Å². The molecule has 0 saturated heterocycles. The van der Waals surface area contributed by atoms with Crippen LogP contribution in [0, 0.1) is 26.7 Å². The molecule has 27 heavy (non-hydrogen) atoms. The summed E-state index contributed by atoms with van der Waals surface area (Å²) in [4.78, 5) is 37.6. The zero-order valence-electron chi connectivity index (χ0n) is 15.8. The normalized spacial score (nSPS) is 13.2. The number of hydrogen-bond acceptors (Lipinski definition) is 5. The molecule has 1 aromatic carbocycles. The van der Waals surface area contributed by atoms with E-state index in [1.54, 1.807) is 6.92 Å². The number of hydrogen-bond donors (Lipinski definition) is 2. The van der Waals surface area contributed by atoms with Crippen molar-refractivity contribution in [2.75, 3.05) is 17.7 Å². The number of nitrogens with one attached hydrogen (secondary N) is 2. The highest BCUT2D eigenvalue weighted by Crippen LogP contribution is 2.37. The van der Waals surface area contributed by atoms with Crippen molar-refractivity contribution >= 4 is 39.8 Å². The first-order valence-electron chi connectivity index (χ1n) is 8.73. The summed E-state index contributed by atoms with van der Waals surface area (Å²) in [5, 5.41) is 6.05. The number of thiophene rings is 1. The molecule has 1 aliphatic rings. The van der Waals surface area contributed by atoms with Crippen molar-refractivity contribution in [3.63, 3.8) is 0 Å². The quantitative estimate of drug-likeness (QED) is 0.759. The van der Waals surface area contributed by atoms with E-state index >= 15 is 0 Å². The van der Waals surface area contributed by atoms with Crippen LogP contribution in [0.25, 0.3) is 0 Å². The summed E-state index contributed by atoms with van der Waals surface area (Å²) in [6.07, 6.45) is 1.70. The Bertz CT molecular complexity index is 928. The molecule has 2 N–H and O–H groups in total. The van der Waals surface area contributed by atoms with Crippen LogP contribution in [0.4, 0.5) is 10.7 Å². The highest BCUT2D eigenvalue weighted by atomic mass is 32.1. The van der Waals surface area contributed by atoms with Crippen LogP contribution in [0.5, 0.6) is 0 Å². The number of esters is 1. The van der Waals surface area contributed by atoms with Crippen LogP contribution >= 0.6 is 11.3 Å². The molecule has 1 aromatic heterocycles. The van der Waals surface area contributed by atoms with E-state index in [2.05, 4.69) is 10.6 Å². The minimum absolute atomic E-state index is 0.00915. The van der Waals surface area contributed by atoms with Crippen molar-refractivity contribution in [3.8, 4) is 0 Å². The smallest absolute Gasteiger partial charge is 0.341 e. The first kappa shape index (κ1) is 19.1. The lowest BCUT2D eigenvalue weighted by atomic mass is 10.1. The van der Waals surface area contributed by atoms with Gasteiger partial charge < -0.3 is 15.4 Å². The molecule has 3 rings (SSSR count). The topological polar surface area (TPSA) is 84.5 Å². The maximum atomic E-state index is 12.8. The Hall–Kier alpha value is -2.67. The largest absolute Gasteiger partial charge is 0.465 e. The average Bonchev–Trinajstić information content (AvgIpc) is 3.42. The molecule has 1 heterocycles. The van der Waals surface area contributed by atoms with Crippen LogP contribution in [-0.4, -0.2) is 24.9 Å². The number of aryl methyl sites for hydroxylation is 2. The molecule has 1 fully saturated rings. The van der Waals surface area contributed by atoms with Gasteiger partial charge in [0.1, 0.15) is 5.00 Å². The third-order valence-electron chi connectivity index (χ3n) is 4.57. The summed E-state index contributed by atoms with van der Waals surface area (Å²) >= 11 is 1.10. The van der Waals surface area contributed by atoms with Crippen LogP contribution in [-0.2, 0) is 9.53 Å². The lowest BCUT2D eigenvalue weighted by Gasteiger charge is -2.09. The second-order valence-electron chi connectivity index (χ2n) is 6.79. The van der Waals surface area contributed by atoms with E-state index in [1.807, 2.05) is 32.0 Å². The molecule has 0 spiro atoms. The molecule has 0 aliphatic heterocycles. The van der Waals surface area contributed by atoms with E-state index in [4.69, 9.17) is 4.74 Å². The standard InChI is InChI=1S/C20H22N2O4S/c1-10-5-6-11(2)14(9-10)21-18(24)16-12(3)15(20(25)26-4)19(27-16)22-17(23)13-7-8-13/h5-6,9,13H,7-8H2,1-4H3,(H,21,24)(H,22,23). The van der Waals surface area contributed by atoms with Gasteiger partial charge in [-0.3, -0.25) is 9.59 Å². The first-order chi connectivity index (χ1) is 12.8. The minimum Gasteiger partial charge on any atom is -0.465 e. The zero-order valence-corrected chi connectivity index (χ0v) is 16.6. The number of rotatable bonds is 5. The number of amides is 2. The number of benzene rings is 1. The Balaban J connectivity index is 1.93. The van der Waals surface area contributed by atoms with Gasteiger partial charge in [0.15, 0.2) is 0 Å². The molecule has 0 radical (unpaired) electrons. The Morgan fingerprint density at radius 1 is 1.11 bits per heavy atom. The molecule has 0 unspecified atom stereocenters. The fourth-order valence-electron chi connectivity index (χ4n) is 2.78. The lowest BCUT2D eigenvalue weighted by molar-refractivity contribution is -0.117. The predicted octanol–water partition coefficient (Wildman–Crippen LogP) is 4.06. The summed E-state index contributed by atoms with van der Waals surface area (Å²) in [6, 6.07) is 5.81. The first-order valence-corrected chi connectivity index (χ1v) is 9.54. The average molecular weight is 386 g/mol. The monoisotopic (exact) mass is 386 g/mol. The van der Waals surface area contributed by atoms with E-state index in [-0.39, 0.29) is 23.3 Å². The molecule has 0 bridgehead atoms. The van der Waals surface area contributed by atoms with Crippen molar-refractivity contribution in [1.29, 1.82) is 0 Å². The number of carbonyl (C=O) groups is 3. The van der Waals surface area contributed by atoms with Gasteiger partial charge in [0, 0.05) is 11.6 Å². The summed E-state index contributed by atoms with van der Waals surface area (Å²) in [5.74, 6) is -1.02. The van der Waals surface area contributed by atoms with Crippen molar-refractivity contribution < 1.29 is 19.1 Å². The van der Waals surface area contributed by atoms with Crippen LogP contribution in [0.15, 0.2) is 18.2 Å². The van der Waals surface area contributed by atoms with Crippen molar-refractivity contribution in [1.82, 2.24) is 0 Å². The van der Waals surface area contributed by atoms with Gasteiger partial charge in [0.25, 0.3) is 5.91 Å². The summed E-state index contributed by atoms with van der Waals surface area (Å²) in [5.41, 5.74) is 3.43. The Kier molecular flexibility index (Phi) is 5.32. The van der Waals surface area contributed by atoms with E-state index in [9.17, 15) is 14.4 Å². The van der Waals surface area contributed by atoms with Crippen molar-refractivity contribution in [2.45, 2.75) is 33.6 Å². The van der Waals surface area contributed by atoms with Gasteiger partial charge in [0.2, 0.25) is 5.91 Å². The number of methoxy groups -OCH3 is 1. The van der Waals surface area contributed by atoms with Gasteiger partial charge in [-0.05, 0) is 56.4 Å². The molecule has 6 nitrogen and oxygen atoms in total. The summed E-state index contributed by atoms with van der Waals surface area (Å²) in [7, 11) is 1.28. The number of anilines is 2. The molecule has 142 valence electrons. The van der Waals surface area contributed by atoms with Gasteiger partial charge in [-0.25, -0.2) is 4.79 Å². The van der Waals surface area contributed by atoms with Gasteiger partial charge in [-0.15, -0.1) is 11.3 Å². The summed E-state index contributed by atoms with van der Waals surface area (Å²) in [6.45, 7) is 5.55. The summed E-state index contributed by atoms with van der Waals surface area (Å²) < 4.78 is 4.85. The van der Waals surface area contributed by atoms with Crippen LogP contribution in [0.3, 0.4) is 0 Å². The van der Waals surface area contributed by atoms with Gasteiger partial charge >= 0.3 is 5.97 Å². The molecule has 2 aromatic rings. The van der Waals surface area contributed by atoms with Gasteiger partial charge in [0.05, 0.1) is 17.6 Å². The Labute approximate surface area is 161 Å².